The summed E-state index contributed by atoms with van der Waals surface area (Å²) < 4.78 is 16.9. The van der Waals surface area contributed by atoms with Crippen molar-refractivity contribution in [3.63, 3.8) is 0 Å². The number of carbonyl (C=O) groups excluding carboxylic acids is 1. The lowest BCUT2D eigenvalue weighted by Gasteiger charge is -2.38. The van der Waals surface area contributed by atoms with E-state index in [0.29, 0.717) is 42.9 Å². The predicted molar refractivity (Wildman–Crippen MR) is 80.2 cm³/mol. The zero-order valence-corrected chi connectivity index (χ0v) is 13.2. The Bertz CT molecular complexity index is 599. The minimum Gasteiger partial charge on any atom is -0.496 e. The van der Waals surface area contributed by atoms with Crippen molar-refractivity contribution < 1.29 is 24.1 Å². The maximum absolute atomic E-state index is 13.1. The van der Waals surface area contributed by atoms with Crippen LogP contribution in [0.4, 0.5) is 0 Å². The largest absolute Gasteiger partial charge is 0.496 e. The van der Waals surface area contributed by atoms with E-state index in [2.05, 4.69) is 0 Å². The summed E-state index contributed by atoms with van der Waals surface area (Å²) in [5.41, 5.74) is -1.75. The highest BCUT2D eigenvalue weighted by molar-refractivity contribution is 6.11. The summed E-state index contributed by atoms with van der Waals surface area (Å²) in [7, 11) is 1.52. The number of Topliss-reactive ketones (excluding diaryl/α,β-unsaturated/α-hetero) is 1. The van der Waals surface area contributed by atoms with Gasteiger partial charge in [0.15, 0.2) is 11.2 Å². The first-order valence-corrected chi connectivity index (χ1v) is 7.77. The molecule has 0 heterocycles. The zero-order valence-electron chi connectivity index (χ0n) is 13.2. The number of hydrogen-bond donors (Lipinski definition) is 1. The van der Waals surface area contributed by atoms with Crippen molar-refractivity contribution in [3.8, 4) is 5.75 Å². The molecule has 0 aromatic heterocycles. The van der Waals surface area contributed by atoms with Crippen molar-refractivity contribution in [2.24, 2.45) is 0 Å². The topological polar surface area (TPSA) is 65.0 Å². The van der Waals surface area contributed by atoms with Crippen molar-refractivity contribution >= 4 is 5.78 Å². The molecule has 5 nitrogen and oxygen atoms in total. The predicted octanol–water partition coefficient (Wildman–Crippen LogP) is 2.05. The van der Waals surface area contributed by atoms with E-state index in [0.717, 1.165) is 0 Å². The minimum atomic E-state index is -1.46. The van der Waals surface area contributed by atoms with Crippen LogP contribution in [0.2, 0.25) is 0 Å². The third-order valence-electron chi connectivity index (χ3n) is 4.85. The lowest BCUT2D eigenvalue weighted by atomic mass is 9.84. The molecule has 1 aromatic rings. The van der Waals surface area contributed by atoms with E-state index in [-0.39, 0.29) is 5.78 Å². The lowest BCUT2D eigenvalue weighted by molar-refractivity contribution is -0.180. The van der Waals surface area contributed by atoms with Crippen LogP contribution in [0, 0.1) is 0 Å². The molecule has 0 spiro atoms. The van der Waals surface area contributed by atoms with Crippen LogP contribution in [-0.4, -0.2) is 42.9 Å². The Morgan fingerprint density at radius 3 is 2.73 bits per heavy atom. The summed E-state index contributed by atoms with van der Waals surface area (Å²) >= 11 is 0. The molecule has 1 aromatic carbocycles. The van der Waals surface area contributed by atoms with Gasteiger partial charge in [-0.3, -0.25) is 4.79 Å². The van der Waals surface area contributed by atoms with Gasteiger partial charge in [-0.15, -0.1) is 0 Å². The van der Waals surface area contributed by atoms with E-state index in [9.17, 15) is 9.90 Å². The number of ketones is 1. The number of fused-ring (bicyclic) bond motifs is 3. The highest BCUT2D eigenvalue weighted by Crippen LogP contribution is 2.58. The summed E-state index contributed by atoms with van der Waals surface area (Å²) in [5, 5.41) is 11.5. The van der Waals surface area contributed by atoms with Gasteiger partial charge in [0.25, 0.3) is 0 Å². The summed E-state index contributed by atoms with van der Waals surface area (Å²) in [6.07, 6.45) is 0.576. The average molecular weight is 306 g/mol. The molecule has 3 rings (SSSR count). The van der Waals surface area contributed by atoms with Gasteiger partial charge in [-0.25, -0.2) is 0 Å². The number of benzene rings is 1. The first-order chi connectivity index (χ1) is 10.6. The summed E-state index contributed by atoms with van der Waals surface area (Å²) in [6, 6.07) is 5.29. The number of hydrogen-bond acceptors (Lipinski definition) is 5. The maximum atomic E-state index is 13.1. The van der Waals surface area contributed by atoms with Gasteiger partial charge < -0.3 is 19.3 Å². The SMILES string of the molecule is CCO[C@@H]1CC[C@@]2(OCC)C(=O)c3c(OC)cccc3[C@@]12O. The standard InChI is InChI=1S/C17H22O5/c1-4-21-13-9-10-16(22-5-2)15(18)14-11(17(13,16)19)7-6-8-12(14)20-3/h6-8,13,19H,4-5,9-10H2,1-3H3/t13-,16-,17-/m1/s1. The van der Waals surface area contributed by atoms with Crippen molar-refractivity contribution in [1.29, 1.82) is 0 Å². The van der Waals surface area contributed by atoms with Crippen LogP contribution in [0.25, 0.3) is 0 Å². The third kappa shape index (κ3) is 1.67. The highest BCUT2D eigenvalue weighted by Gasteiger charge is 2.71. The quantitative estimate of drug-likeness (QED) is 0.902. The van der Waals surface area contributed by atoms with Crippen molar-refractivity contribution in [1.82, 2.24) is 0 Å². The van der Waals surface area contributed by atoms with Crippen LogP contribution in [0.3, 0.4) is 0 Å². The fraction of sp³-hybridized carbons (Fsp3) is 0.588. The van der Waals surface area contributed by atoms with Crippen molar-refractivity contribution in [2.45, 2.75) is 44.0 Å². The zero-order chi connectivity index (χ0) is 16.0. The molecule has 1 N–H and O–H groups in total. The smallest absolute Gasteiger partial charge is 0.202 e. The fourth-order valence-corrected chi connectivity index (χ4v) is 4.03. The van der Waals surface area contributed by atoms with E-state index in [1.165, 1.54) is 7.11 Å². The molecule has 0 aliphatic heterocycles. The van der Waals surface area contributed by atoms with Gasteiger partial charge in [0.1, 0.15) is 5.75 Å². The Labute approximate surface area is 130 Å². The van der Waals surface area contributed by atoms with Gasteiger partial charge in [0, 0.05) is 18.8 Å². The van der Waals surface area contributed by atoms with E-state index < -0.39 is 17.3 Å². The molecule has 3 atom stereocenters. The van der Waals surface area contributed by atoms with Crippen LogP contribution < -0.4 is 4.74 Å². The second-order valence-corrected chi connectivity index (χ2v) is 5.72. The van der Waals surface area contributed by atoms with Gasteiger partial charge in [0.2, 0.25) is 5.78 Å². The van der Waals surface area contributed by atoms with E-state index in [1.807, 2.05) is 13.8 Å². The number of aliphatic hydroxyl groups is 1. The van der Waals surface area contributed by atoms with Gasteiger partial charge >= 0.3 is 0 Å². The second-order valence-electron chi connectivity index (χ2n) is 5.72. The Morgan fingerprint density at radius 1 is 1.32 bits per heavy atom. The number of carbonyl (C=O) groups is 1. The molecule has 0 radical (unpaired) electrons. The van der Waals surface area contributed by atoms with Crippen LogP contribution in [0.15, 0.2) is 18.2 Å². The van der Waals surface area contributed by atoms with E-state index in [1.54, 1.807) is 18.2 Å². The normalized spacial score (nSPS) is 32.9. The molecule has 2 aliphatic rings. The molecular weight excluding hydrogens is 284 g/mol. The summed E-state index contributed by atoms with van der Waals surface area (Å²) in [5.74, 6) is 0.270. The third-order valence-corrected chi connectivity index (χ3v) is 4.85. The highest BCUT2D eigenvalue weighted by atomic mass is 16.5. The molecule has 5 heteroatoms. The number of rotatable bonds is 5. The van der Waals surface area contributed by atoms with E-state index >= 15 is 0 Å². The van der Waals surface area contributed by atoms with Crippen molar-refractivity contribution in [3.05, 3.63) is 29.3 Å². The van der Waals surface area contributed by atoms with Gasteiger partial charge in [0.05, 0.1) is 18.8 Å². The first kappa shape index (κ1) is 15.5. The van der Waals surface area contributed by atoms with Crippen LogP contribution >= 0.6 is 0 Å². The Hall–Kier alpha value is -1.43. The van der Waals surface area contributed by atoms with Gasteiger partial charge in [-0.1, -0.05) is 12.1 Å². The Balaban J connectivity index is 2.23. The molecule has 1 saturated carbocycles. The summed E-state index contributed by atoms with van der Waals surface area (Å²) in [6.45, 7) is 4.54. The average Bonchev–Trinajstić information content (AvgIpc) is 2.90. The molecule has 1 fully saturated rings. The molecule has 2 aliphatic carbocycles. The molecule has 120 valence electrons. The van der Waals surface area contributed by atoms with Crippen LogP contribution in [0.5, 0.6) is 5.75 Å². The number of ether oxygens (including phenoxy) is 3. The molecular formula is C17H22O5. The monoisotopic (exact) mass is 306 g/mol. The molecule has 0 bridgehead atoms. The molecule has 0 saturated heterocycles. The Morgan fingerprint density at radius 2 is 2.09 bits per heavy atom. The number of methoxy groups -OCH3 is 1. The molecule has 0 unspecified atom stereocenters. The van der Waals surface area contributed by atoms with Crippen molar-refractivity contribution in [2.75, 3.05) is 20.3 Å². The van der Waals surface area contributed by atoms with Gasteiger partial charge in [-0.05, 0) is 32.8 Å². The second kappa shape index (κ2) is 5.33. The summed E-state index contributed by atoms with van der Waals surface area (Å²) in [4.78, 5) is 13.1. The minimum absolute atomic E-state index is 0.202. The van der Waals surface area contributed by atoms with Gasteiger partial charge in [-0.2, -0.15) is 0 Å². The molecule has 0 amide bonds. The lowest BCUT2D eigenvalue weighted by Crippen LogP contribution is -2.55. The molecule has 22 heavy (non-hydrogen) atoms. The van der Waals surface area contributed by atoms with Crippen LogP contribution in [-0.2, 0) is 15.1 Å². The van der Waals surface area contributed by atoms with E-state index in [4.69, 9.17) is 14.2 Å². The Kier molecular flexibility index (Phi) is 3.75. The van der Waals surface area contributed by atoms with Crippen LogP contribution in [0.1, 0.15) is 42.6 Å². The maximum Gasteiger partial charge on any atom is 0.202 e. The first-order valence-electron chi connectivity index (χ1n) is 7.77. The fourth-order valence-electron chi connectivity index (χ4n) is 4.03.